The Morgan fingerprint density at radius 2 is 2.20 bits per heavy atom. The van der Waals surface area contributed by atoms with Gasteiger partial charge in [-0.1, -0.05) is 34.8 Å². The zero-order valence-corrected chi connectivity index (χ0v) is 10.9. The molecule has 0 aliphatic carbocycles. The van der Waals surface area contributed by atoms with Crippen LogP contribution in [0.3, 0.4) is 0 Å². The number of carbonyl (C=O) groups is 2. The maximum Gasteiger partial charge on any atom is 0.407 e. The summed E-state index contributed by atoms with van der Waals surface area (Å²) >= 11 is 17.5. The van der Waals surface area contributed by atoms with Crippen molar-refractivity contribution in [2.45, 2.75) is 9.83 Å². The predicted octanol–water partition coefficient (Wildman–Crippen LogP) is 2.01. The highest BCUT2D eigenvalue weighted by Crippen LogP contribution is 2.25. The van der Waals surface area contributed by atoms with Gasteiger partial charge >= 0.3 is 6.09 Å². The van der Waals surface area contributed by atoms with Crippen LogP contribution in [0.4, 0.5) is 4.79 Å². The molecular weight excluding hydrogens is 285 g/mol. The average molecular weight is 295 g/mol. The Kier molecular flexibility index (Phi) is 7.52. The second-order valence-corrected chi connectivity index (χ2v) is 5.96. The van der Waals surface area contributed by atoms with E-state index in [9.17, 15) is 9.59 Å². The lowest BCUT2D eigenvalue weighted by molar-refractivity contribution is -0.109. The smallest absolute Gasteiger partial charge is 0.407 e. The molecule has 0 radical (unpaired) electrons. The van der Waals surface area contributed by atoms with Crippen molar-refractivity contribution in [3.63, 3.8) is 0 Å². The van der Waals surface area contributed by atoms with Gasteiger partial charge in [-0.3, -0.25) is 0 Å². The minimum Gasteiger partial charge on any atom is -0.445 e. The van der Waals surface area contributed by atoms with Crippen LogP contribution in [0.1, 0.15) is 0 Å². The van der Waals surface area contributed by atoms with Gasteiger partial charge in [0.05, 0.1) is 6.04 Å². The number of amides is 1. The van der Waals surface area contributed by atoms with Crippen molar-refractivity contribution in [2.24, 2.45) is 0 Å². The zero-order valence-electron chi connectivity index (χ0n) is 7.84. The van der Waals surface area contributed by atoms with Crippen LogP contribution in [0.2, 0.25) is 0 Å². The molecule has 4 nitrogen and oxygen atoms in total. The summed E-state index contributed by atoms with van der Waals surface area (Å²) in [5, 5.41) is 2.31. The number of nitrogens with one attached hydrogen (secondary N) is 1. The number of halogens is 3. The Morgan fingerprint density at radius 1 is 1.60 bits per heavy atom. The number of ether oxygens (including phenoxy) is 1. The van der Waals surface area contributed by atoms with Gasteiger partial charge in [-0.25, -0.2) is 4.79 Å². The Morgan fingerprint density at radius 3 is 2.60 bits per heavy atom. The molecule has 0 aliphatic heterocycles. The number of alkyl halides is 3. The maximum atomic E-state index is 11.1. The molecule has 88 valence electrons. The summed E-state index contributed by atoms with van der Waals surface area (Å²) in [6.45, 7) is -0.367. The average Bonchev–Trinajstić information content (AvgIpc) is 2.13. The van der Waals surface area contributed by atoms with Crippen LogP contribution in [0.5, 0.6) is 0 Å². The van der Waals surface area contributed by atoms with Crippen LogP contribution >= 0.6 is 46.6 Å². The Labute approximate surface area is 107 Å². The topological polar surface area (TPSA) is 55.4 Å². The van der Waals surface area contributed by atoms with Gasteiger partial charge in [0, 0.05) is 5.75 Å². The molecule has 0 aromatic heterocycles. The number of hydrogen-bond acceptors (Lipinski definition) is 4. The lowest BCUT2D eigenvalue weighted by atomic mass is 10.4. The zero-order chi connectivity index (χ0) is 11.9. The quantitative estimate of drug-likeness (QED) is 0.622. The normalized spacial score (nSPS) is 13.1. The van der Waals surface area contributed by atoms with Gasteiger partial charge in [0.2, 0.25) is 3.79 Å². The number of hydrogen-bond donors (Lipinski definition) is 1. The molecule has 1 atom stereocenters. The van der Waals surface area contributed by atoms with Crippen LogP contribution in [0.25, 0.3) is 0 Å². The first-order valence-corrected chi connectivity index (χ1v) is 6.36. The van der Waals surface area contributed by atoms with Gasteiger partial charge in [0.15, 0.2) is 0 Å². The summed E-state index contributed by atoms with van der Waals surface area (Å²) in [5.74, 6) is 0.465. The van der Waals surface area contributed by atoms with Crippen molar-refractivity contribution in [3.8, 4) is 0 Å². The third-order valence-corrected chi connectivity index (χ3v) is 2.20. The summed E-state index contributed by atoms with van der Waals surface area (Å²) in [6.07, 6.45) is 1.64. The minimum absolute atomic E-state index is 0.367. The van der Waals surface area contributed by atoms with E-state index in [1.807, 2.05) is 6.26 Å². The number of carbonyl (C=O) groups excluding carboxylic acids is 2. The summed E-state index contributed by atoms with van der Waals surface area (Å²) in [5.41, 5.74) is 0. The SMILES string of the molecule is CSC[C@@H](C=O)NC(=O)OCC(Cl)(Cl)Cl. The molecule has 1 amide bonds. The fourth-order valence-corrected chi connectivity index (χ4v) is 1.32. The summed E-state index contributed by atoms with van der Waals surface area (Å²) in [4.78, 5) is 21.5. The van der Waals surface area contributed by atoms with E-state index in [2.05, 4.69) is 10.1 Å². The highest BCUT2D eigenvalue weighted by Gasteiger charge is 2.22. The third-order valence-electron chi connectivity index (χ3n) is 1.18. The molecular formula is C7H10Cl3NO3S. The Balaban J connectivity index is 3.86. The molecule has 0 saturated heterocycles. The van der Waals surface area contributed by atoms with Gasteiger partial charge in [-0.05, 0) is 6.26 Å². The lowest BCUT2D eigenvalue weighted by Gasteiger charge is -2.14. The molecule has 0 heterocycles. The van der Waals surface area contributed by atoms with E-state index in [1.54, 1.807) is 0 Å². The first kappa shape index (κ1) is 15.2. The van der Waals surface area contributed by atoms with E-state index >= 15 is 0 Å². The second kappa shape index (κ2) is 7.44. The minimum atomic E-state index is -1.65. The van der Waals surface area contributed by atoms with Gasteiger partial charge in [0.25, 0.3) is 0 Å². The second-order valence-electron chi connectivity index (χ2n) is 2.53. The number of aldehydes is 1. The first-order chi connectivity index (χ1) is 6.89. The van der Waals surface area contributed by atoms with E-state index in [0.717, 1.165) is 0 Å². The van der Waals surface area contributed by atoms with E-state index in [4.69, 9.17) is 34.8 Å². The van der Waals surface area contributed by atoms with E-state index in [-0.39, 0.29) is 6.61 Å². The monoisotopic (exact) mass is 293 g/mol. The molecule has 0 bridgehead atoms. The molecule has 8 heteroatoms. The van der Waals surface area contributed by atoms with Crippen molar-refractivity contribution >= 4 is 58.9 Å². The van der Waals surface area contributed by atoms with Crippen LogP contribution in [0, 0.1) is 0 Å². The first-order valence-electron chi connectivity index (χ1n) is 3.83. The van der Waals surface area contributed by atoms with Gasteiger partial charge in [-0.15, -0.1) is 0 Å². The van der Waals surface area contributed by atoms with E-state index < -0.39 is 15.9 Å². The maximum absolute atomic E-state index is 11.1. The summed E-state index contributed by atoms with van der Waals surface area (Å²) in [6, 6.07) is -0.595. The van der Waals surface area contributed by atoms with E-state index in [1.165, 1.54) is 11.8 Å². The molecule has 0 saturated carbocycles. The van der Waals surface area contributed by atoms with Gasteiger partial charge < -0.3 is 14.8 Å². The lowest BCUT2D eigenvalue weighted by Crippen LogP contribution is -2.39. The van der Waals surface area contributed by atoms with Crippen LogP contribution < -0.4 is 5.32 Å². The molecule has 0 aliphatic rings. The third kappa shape index (κ3) is 9.11. The molecule has 0 unspecified atom stereocenters. The largest absolute Gasteiger partial charge is 0.445 e. The summed E-state index contributed by atoms with van der Waals surface area (Å²) in [7, 11) is 0. The number of alkyl carbamates (subject to hydrolysis) is 1. The van der Waals surface area contributed by atoms with Crippen LogP contribution in [-0.2, 0) is 9.53 Å². The van der Waals surface area contributed by atoms with Crippen LogP contribution in [-0.4, -0.2) is 40.8 Å². The highest BCUT2D eigenvalue weighted by atomic mass is 35.6. The van der Waals surface area contributed by atoms with E-state index in [0.29, 0.717) is 12.0 Å². The van der Waals surface area contributed by atoms with Crippen molar-refractivity contribution in [2.75, 3.05) is 18.6 Å². The highest BCUT2D eigenvalue weighted by molar-refractivity contribution is 7.98. The van der Waals surface area contributed by atoms with Gasteiger partial charge in [0.1, 0.15) is 12.9 Å². The summed E-state index contributed by atoms with van der Waals surface area (Å²) < 4.78 is 2.93. The number of rotatable bonds is 5. The van der Waals surface area contributed by atoms with Crippen molar-refractivity contribution in [3.05, 3.63) is 0 Å². The fraction of sp³-hybridized carbons (Fsp3) is 0.714. The Hall–Kier alpha value is 0.160. The van der Waals surface area contributed by atoms with Crippen molar-refractivity contribution < 1.29 is 14.3 Å². The van der Waals surface area contributed by atoms with Crippen molar-refractivity contribution in [1.29, 1.82) is 0 Å². The molecule has 0 aromatic carbocycles. The van der Waals surface area contributed by atoms with Crippen LogP contribution in [0.15, 0.2) is 0 Å². The molecule has 1 N–H and O–H groups in total. The molecule has 0 rings (SSSR count). The Bertz CT molecular complexity index is 222. The molecule has 0 fully saturated rings. The molecule has 15 heavy (non-hydrogen) atoms. The standard InChI is InChI=1S/C7H10Cl3NO3S/c1-15-3-5(2-12)11-6(13)14-4-7(8,9)10/h2,5H,3-4H2,1H3,(H,11,13)/t5-/m1/s1. The fourth-order valence-electron chi connectivity index (χ4n) is 0.635. The van der Waals surface area contributed by atoms with Gasteiger partial charge in [-0.2, -0.15) is 11.8 Å². The molecule has 0 spiro atoms. The molecule has 0 aromatic rings. The number of thioether (sulfide) groups is 1. The van der Waals surface area contributed by atoms with Crippen molar-refractivity contribution in [1.82, 2.24) is 5.32 Å². The predicted molar refractivity (Wildman–Crippen MR) is 63.0 cm³/mol.